The third kappa shape index (κ3) is 5.37. The van der Waals surface area contributed by atoms with Gasteiger partial charge in [-0.2, -0.15) is 12.6 Å². The number of aromatic nitrogens is 2. The number of carbonyl (C=O) groups is 2. The van der Waals surface area contributed by atoms with Crippen molar-refractivity contribution in [2.24, 2.45) is 5.92 Å². The number of piperidine rings is 1. The number of likely N-dealkylation sites (tertiary alicyclic amines) is 1. The number of hydrogen-bond acceptors (Lipinski definition) is 5. The van der Waals surface area contributed by atoms with E-state index in [4.69, 9.17) is 17.7 Å². The summed E-state index contributed by atoms with van der Waals surface area (Å²) in [5, 5.41) is 9.07. The molecule has 1 aliphatic heterocycles. The number of carboxylic acid groups (broad SMARTS) is 1. The molecule has 2 atom stereocenters. The molecule has 1 N–H and O–H groups in total. The van der Waals surface area contributed by atoms with Crippen LogP contribution in [0.3, 0.4) is 0 Å². The fourth-order valence-electron chi connectivity index (χ4n) is 3.99. The molecule has 2 aromatic rings. The van der Waals surface area contributed by atoms with Gasteiger partial charge >= 0.3 is 5.97 Å². The molecular weight excluding hydrogens is 441 g/mol. The number of benzene rings is 1. The molecule has 0 spiro atoms. The van der Waals surface area contributed by atoms with Crippen LogP contribution in [-0.2, 0) is 16.1 Å². The number of carbonyl (C=O) groups excluding carboxylic acids is 1. The van der Waals surface area contributed by atoms with Crippen LogP contribution in [0.2, 0.25) is 0 Å². The molecular formula is C22H25ClFN3O3S. The first-order valence-electron chi connectivity index (χ1n) is 10.1. The minimum absolute atomic E-state index is 0. The van der Waals surface area contributed by atoms with E-state index in [0.717, 1.165) is 18.4 Å². The number of nitrogens with zero attached hydrogens (tertiary/aromatic N) is 3. The Morgan fingerprint density at radius 2 is 2.03 bits per heavy atom. The van der Waals surface area contributed by atoms with Gasteiger partial charge in [-0.1, -0.05) is 18.2 Å². The molecule has 2 unspecified atom stereocenters. The van der Waals surface area contributed by atoms with Crippen LogP contribution >= 0.6 is 25.0 Å². The lowest BCUT2D eigenvalue weighted by molar-refractivity contribution is -0.137. The summed E-state index contributed by atoms with van der Waals surface area (Å²) in [5.41, 5.74) is 2.05. The van der Waals surface area contributed by atoms with Gasteiger partial charge in [0, 0.05) is 29.8 Å². The minimum atomic E-state index is -0.949. The van der Waals surface area contributed by atoms with Crippen LogP contribution in [-0.4, -0.2) is 49.6 Å². The standard InChI is InChI=1S/C22H24FN3O3S.ClH/c23-18-4-2-1-3-17(18)21(22(29)14-5-6-14)25-8-7-19(30)15(11-25)9-16-10-24-13-26(16)12-20(27)28;/h1-4,9-10,13-14,19,21,30H,5-8,11-12H2,(H,27,28);1H/b15-9+;. The molecule has 9 heteroatoms. The van der Waals surface area contributed by atoms with Crippen LogP contribution in [0.5, 0.6) is 0 Å². The highest BCUT2D eigenvalue weighted by molar-refractivity contribution is 7.81. The van der Waals surface area contributed by atoms with Crippen LogP contribution in [0.4, 0.5) is 4.39 Å². The van der Waals surface area contributed by atoms with Crippen LogP contribution < -0.4 is 0 Å². The third-order valence-electron chi connectivity index (χ3n) is 5.70. The number of halogens is 2. The number of hydrogen-bond donors (Lipinski definition) is 2. The first-order chi connectivity index (χ1) is 14.4. The van der Waals surface area contributed by atoms with Gasteiger partial charge in [0.05, 0.1) is 24.3 Å². The van der Waals surface area contributed by atoms with Gasteiger partial charge in [0.1, 0.15) is 12.4 Å². The van der Waals surface area contributed by atoms with Crippen LogP contribution in [0, 0.1) is 11.7 Å². The van der Waals surface area contributed by atoms with Crippen molar-refractivity contribution >= 4 is 42.9 Å². The van der Waals surface area contributed by atoms with Crippen LogP contribution in [0.1, 0.15) is 36.6 Å². The highest BCUT2D eigenvalue weighted by Gasteiger charge is 2.40. The molecule has 0 radical (unpaired) electrons. The number of thiol groups is 1. The topological polar surface area (TPSA) is 75.4 Å². The predicted octanol–water partition coefficient (Wildman–Crippen LogP) is 3.64. The Labute approximate surface area is 192 Å². The SMILES string of the molecule is Cl.O=C(O)Cn1cncc1/C=C1\CN(C(C(=O)C2CC2)c2ccccc2F)CCC1S. The summed E-state index contributed by atoms with van der Waals surface area (Å²) < 4.78 is 16.2. The minimum Gasteiger partial charge on any atom is -0.480 e. The van der Waals surface area contributed by atoms with Crippen molar-refractivity contribution in [2.75, 3.05) is 13.1 Å². The highest BCUT2D eigenvalue weighted by atomic mass is 35.5. The van der Waals surface area contributed by atoms with E-state index in [1.54, 1.807) is 29.0 Å². The fraction of sp³-hybridized carbons (Fsp3) is 0.409. The van der Waals surface area contributed by atoms with Gasteiger partial charge in [-0.3, -0.25) is 14.5 Å². The Balaban J connectivity index is 0.00000272. The number of Topliss-reactive ketones (excluding diaryl/α,β-unsaturated/α-hetero) is 1. The van der Waals surface area contributed by atoms with E-state index in [0.29, 0.717) is 30.8 Å². The average molecular weight is 466 g/mol. The van der Waals surface area contributed by atoms with E-state index in [-0.39, 0.29) is 41.7 Å². The maximum Gasteiger partial charge on any atom is 0.323 e. The average Bonchev–Trinajstić information content (AvgIpc) is 3.48. The maximum absolute atomic E-state index is 14.6. The predicted molar refractivity (Wildman–Crippen MR) is 121 cm³/mol. The molecule has 1 aromatic heterocycles. The molecule has 2 aliphatic rings. The van der Waals surface area contributed by atoms with Crippen molar-refractivity contribution in [1.82, 2.24) is 14.5 Å². The van der Waals surface area contributed by atoms with Crippen molar-refractivity contribution in [1.29, 1.82) is 0 Å². The highest BCUT2D eigenvalue weighted by Crippen LogP contribution is 2.39. The summed E-state index contributed by atoms with van der Waals surface area (Å²) in [6.07, 6.45) is 7.42. The van der Waals surface area contributed by atoms with E-state index in [1.807, 2.05) is 11.0 Å². The summed E-state index contributed by atoms with van der Waals surface area (Å²) in [4.78, 5) is 30.3. The summed E-state index contributed by atoms with van der Waals surface area (Å²) in [5.74, 6) is -1.23. The molecule has 1 saturated heterocycles. The van der Waals surface area contributed by atoms with E-state index in [1.165, 1.54) is 12.4 Å². The zero-order valence-corrected chi connectivity index (χ0v) is 18.6. The van der Waals surface area contributed by atoms with Crippen molar-refractivity contribution < 1.29 is 19.1 Å². The van der Waals surface area contributed by atoms with Crippen molar-refractivity contribution in [2.45, 2.75) is 37.1 Å². The van der Waals surface area contributed by atoms with Crippen molar-refractivity contribution in [3.05, 3.63) is 59.4 Å². The normalized spacial score (nSPS) is 21.5. The molecule has 1 aromatic carbocycles. The summed E-state index contributed by atoms with van der Waals surface area (Å²) in [6.45, 7) is 0.916. The molecule has 6 nitrogen and oxygen atoms in total. The van der Waals surface area contributed by atoms with E-state index in [2.05, 4.69) is 4.98 Å². The Bertz CT molecular complexity index is 992. The largest absolute Gasteiger partial charge is 0.480 e. The molecule has 1 aliphatic carbocycles. The zero-order chi connectivity index (χ0) is 21.3. The zero-order valence-electron chi connectivity index (χ0n) is 16.9. The first-order valence-corrected chi connectivity index (χ1v) is 10.6. The third-order valence-corrected chi connectivity index (χ3v) is 6.29. The van der Waals surface area contributed by atoms with Gasteiger partial charge in [-0.05, 0) is 37.0 Å². The van der Waals surface area contributed by atoms with E-state index >= 15 is 0 Å². The van der Waals surface area contributed by atoms with E-state index < -0.39 is 12.0 Å². The molecule has 2 heterocycles. The smallest absolute Gasteiger partial charge is 0.323 e. The number of carboxylic acids is 1. The van der Waals surface area contributed by atoms with Gasteiger partial charge in [0.2, 0.25) is 0 Å². The second kappa shape index (κ2) is 9.97. The molecule has 2 fully saturated rings. The molecule has 0 amide bonds. The fourth-order valence-corrected chi connectivity index (χ4v) is 4.26. The Kier molecular flexibility index (Phi) is 7.56. The van der Waals surface area contributed by atoms with Crippen molar-refractivity contribution in [3.8, 4) is 0 Å². The quantitative estimate of drug-likeness (QED) is 0.611. The molecule has 166 valence electrons. The Morgan fingerprint density at radius 1 is 1.29 bits per heavy atom. The van der Waals surface area contributed by atoms with Gasteiger partial charge in [-0.15, -0.1) is 12.4 Å². The number of aliphatic carboxylic acids is 1. The van der Waals surface area contributed by atoms with Gasteiger partial charge in [0.25, 0.3) is 0 Å². The van der Waals surface area contributed by atoms with E-state index in [9.17, 15) is 14.0 Å². The lowest BCUT2D eigenvalue weighted by Crippen LogP contribution is -2.42. The number of rotatable bonds is 7. The van der Waals surface area contributed by atoms with Crippen molar-refractivity contribution in [3.63, 3.8) is 0 Å². The first kappa shape index (κ1) is 23.5. The second-order valence-corrected chi connectivity index (χ2v) is 8.56. The summed E-state index contributed by atoms with van der Waals surface area (Å²) in [6, 6.07) is 5.87. The van der Waals surface area contributed by atoms with Gasteiger partial charge in [0.15, 0.2) is 5.78 Å². The van der Waals surface area contributed by atoms with Gasteiger partial charge < -0.3 is 9.67 Å². The molecule has 0 bridgehead atoms. The maximum atomic E-state index is 14.6. The molecule has 31 heavy (non-hydrogen) atoms. The Morgan fingerprint density at radius 3 is 2.71 bits per heavy atom. The van der Waals surface area contributed by atoms with Crippen LogP contribution in [0.15, 0.2) is 42.4 Å². The molecule has 1 saturated carbocycles. The summed E-state index contributed by atoms with van der Waals surface area (Å²) >= 11 is 4.69. The van der Waals surface area contributed by atoms with Crippen LogP contribution in [0.25, 0.3) is 6.08 Å². The monoisotopic (exact) mass is 465 g/mol. The lowest BCUT2D eigenvalue weighted by Gasteiger charge is -2.37. The number of imidazole rings is 1. The second-order valence-electron chi connectivity index (χ2n) is 7.94. The molecule has 4 rings (SSSR count). The van der Waals surface area contributed by atoms with Gasteiger partial charge in [-0.25, -0.2) is 9.37 Å². The number of ketones is 1. The summed E-state index contributed by atoms with van der Waals surface area (Å²) in [7, 11) is 0. The Hall–Kier alpha value is -2.16. The lowest BCUT2D eigenvalue weighted by atomic mass is 9.93.